The van der Waals surface area contributed by atoms with Crippen LogP contribution >= 0.6 is 0 Å². The first kappa shape index (κ1) is 14.5. The molecule has 0 unspecified atom stereocenters. The van der Waals surface area contributed by atoms with Crippen LogP contribution in [-0.2, 0) is 0 Å². The fourth-order valence-electron chi connectivity index (χ4n) is 2.64. The monoisotopic (exact) mass is 297 g/mol. The number of aryl methyl sites for hydroxylation is 1. The molecule has 1 fully saturated rings. The molecule has 5 heteroatoms. The third-order valence-corrected chi connectivity index (χ3v) is 3.67. The van der Waals surface area contributed by atoms with Gasteiger partial charge in [0, 0.05) is 24.0 Å². The summed E-state index contributed by atoms with van der Waals surface area (Å²) in [5, 5.41) is 2.74. The van der Waals surface area contributed by atoms with Crippen LogP contribution < -0.4 is 10.1 Å². The minimum Gasteiger partial charge on any atom is -0.490 e. The minimum atomic E-state index is -0.279. The van der Waals surface area contributed by atoms with Gasteiger partial charge in [-0.05, 0) is 44.7 Å². The predicted octanol–water partition coefficient (Wildman–Crippen LogP) is 3.36. The lowest BCUT2D eigenvalue weighted by Crippen LogP contribution is -2.16. The first-order valence-corrected chi connectivity index (χ1v) is 7.58. The van der Waals surface area contributed by atoms with Gasteiger partial charge >= 0.3 is 0 Å². The fraction of sp³-hybridized carbons (Fsp3) is 0.353. The zero-order valence-electron chi connectivity index (χ0n) is 12.6. The van der Waals surface area contributed by atoms with Gasteiger partial charge in [0.05, 0.1) is 6.10 Å². The first-order valence-electron chi connectivity index (χ1n) is 7.58. The van der Waals surface area contributed by atoms with Crippen molar-refractivity contribution >= 4 is 11.7 Å². The summed E-state index contributed by atoms with van der Waals surface area (Å²) >= 11 is 0. The maximum Gasteiger partial charge on any atom is 0.275 e. The number of pyridine rings is 2. The maximum atomic E-state index is 12.3. The third-order valence-electron chi connectivity index (χ3n) is 3.67. The van der Waals surface area contributed by atoms with Crippen LogP contribution in [0.4, 0.5) is 5.82 Å². The number of nitrogens with one attached hydrogen (secondary N) is 1. The summed E-state index contributed by atoms with van der Waals surface area (Å²) in [6, 6.07) is 8.93. The molecule has 0 aromatic carbocycles. The highest BCUT2D eigenvalue weighted by molar-refractivity contribution is 6.02. The van der Waals surface area contributed by atoms with E-state index in [1.165, 1.54) is 12.8 Å². The van der Waals surface area contributed by atoms with Gasteiger partial charge in [0.2, 0.25) is 0 Å². The van der Waals surface area contributed by atoms with Crippen LogP contribution in [0.15, 0.2) is 36.5 Å². The van der Waals surface area contributed by atoms with Crippen LogP contribution in [-0.4, -0.2) is 22.0 Å². The molecule has 0 saturated heterocycles. The van der Waals surface area contributed by atoms with Gasteiger partial charge < -0.3 is 10.1 Å². The smallest absolute Gasteiger partial charge is 0.275 e. The molecule has 0 radical (unpaired) electrons. The highest BCUT2D eigenvalue weighted by Crippen LogP contribution is 2.25. The molecule has 2 heterocycles. The fourth-order valence-corrected chi connectivity index (χ4v) is 2.64. The van der Waals surface area contributed by atoms with Gasteiger partial charge in [-0.25, -0.2) is 9.97 Å². The van der Waals surface area contributed by atoms with E-state index in [1.54, 1.807) is 24.4 Å². The zero-order chi connectivity index (χ0) is 15.4. The zero-order valence-corrected chi connectivity index (χ0v) is 12.6. The molecule has 1 amide bonds. The highest BCUT2D eigenvalue weighted by Gasteiger charge is 2.18. The number of carbonyl (C=O) groups is 1. The van der Waals surface area contributed by atoms with Crippen molar-refractivity contribution in [2.24, 2.45) is 0 Å². The molecular formula is C17H19N3O2. The predicted molar refractivity (Wildman–Crippen MR) is 84.0 cm³/mol. The Labute approximate surface area is 129 Å². The number of carbonyl (C=O) groups excluding carboxylic acids is 1. The van der Waals surface area contributed by atoms with Crippen LogP contribution in [0.2, 0.25) is 0 Å². The molecule has 0 spiro atoms. The van der Waals surface area contributed by atoms with E-state index < -0.39 is 0 Å². The molecule has 1 aliphatic carbocycles. The molecule has 1 saturated carbocycles. The standard InChI is InChI=1S/C17H19N3O2/c1-12-10-14(22-13-6-2-3-7-13)11-15(19-12)17(21)20-16-8-4-5-9-18-16/h4-5,8-11,13H,2-3,6-7H2,1H3,(H,18,20,21). The van der Waals surface area contributed by atoms with E-state index >= 15 is 0 Å². The number of aromatic nitrogens is 2. The number of amides is 1. The van der Waals surface area contributed by atoms with Crippen LogP contribution in [0.25, 0.3) is 0 Å². The van der Waals surface area contributed by atoms with Crippen molar-refractivity contribution in [3.8, 4) is 5.75 Å². The Bertz CT molecular complexity index is 652. The summed E-state index contributed by atoms with van der Waals surface area (Å²) in [6.07, 6.45) is 6.47. The Morgan fingerprint density at radius 2 is 2.09 bits per heavy atom. The summed E-state index contributed by atoms with van der Waals surface area (Å²) in [7, 11) is 0. The van der Waals surface area contributed by atoms with Gasteiger partial charge in [-0.1, -0.05) is 6.07 Å². The molecule has 1 aliphatic rings. The normalized spacial score (nSPS) is 14.8. The van der Waals surface area contributed by atoms with Crippen LogP contribution in [0, 0.1) is 6.92 Å². The van der Waals surface area contributed by atoms with Gasteiger partial charge in [-0.2, -0.15) is 0 Å². The molecular weight excluding hydrogens is 278 g/mol. The Kier molecular flexibility index (Phi) is 4.32. The van der Waals surface area contributed by atoms with Crippen molar-refractivity contribution in [2.45, 2.75) is 38.7 Å². The lowest BCUT2D eigenvalue weighted by molar-refractivity contribution is 0.102. The van der Waals surface area contributed by atoms with Crippen molar-refractivity contribution in [1.29, 1.82) is 0 Å². The van der Waals surface area contributed by atoms with E-state index in [9.17, 15) is 4.79 Å². The molecule has 1 N–H and O–H groups in total. The van der Waals surface area contributed by atoms with Crippen molar-refractivity contribution in [1.82, 2.24) is 9.97 Å². The van der Waals surface area contributed by atoms with Crippen LogP contribution in [0.3, 0.4) is 0 Å². The Morgan fingerprint density at radius 1 is 1.27 bits per heavy atom. The van der Waals surface area contributed by atoms with E-state index in [-0.39, 0.29) is 12.0 Å². The largest absolute Gasteiger partial charge is 0.490 e. The van der Waals surface area contributed by atoms with Gasteiger partial charge in [0.15, 0.2) is 0 Å². The quantitative estimate of drug-likeness (QED) is 0.940. The van der Waals surface area contributed by atoms with E-state index in [0.717, 1.165) is 18.5 Å². The van der Waals surface area contributed by atoms with Crippen LogP contribution in [0.5, 0.6) is 5.75 Å². The SMILES string of the molecule is Cc1cc(OC2CCCC2)cc(C(=O)Nc2ccccn2)n1. The molecule has 5 nitrogen and oxygen atoms in total. The van der Waals surface area contributed by atoms with Crippen molar-refractivity contribution in [3.63, 3.8) is 0 Å². The van der Waals surface area contributed by atoms with Gasteiger partial charge in [0.1, 0.15) is 17.3 Å². The lowest BCUT2D eigenvalue weighted by Gasteiger charge is -2.14. The van der Waals surface area contributed by atoms with E-state index in [0.29, 0.717) is 17.3 Å². The van der Waals surface area contributed by atoms with E-state index in [1.807, 2.05) is 19.1 Å². The number of ether oxygens (including phenoxy) is 1. The second-order valence-corrected chi connectivity index (χ2v) is 5.52. The molecule has 3 rings (SSSR count). The number of rotatable bonds is 4. The second-order valence-electron chi connectivity index (χ2n) is 5.52. The Hall–Kier alpha value is -2.43. The molecule has 0 aliphatic heterocycles. The molecule has 22 heavy (non-hydrogen) atoms. The second kappa shape index (κ2) is 6.56. The van der Waals surface area contributed by atoms with Crippen molar-refractivity contribution in [3.05, 3.63) is 47.9 Å². The minimum absolute atomic E-state index is 0.258. The third kappa shape index (κ3) is 3.61. The van der Waals surface area contributed by atoms with E-state index in [2.05, 4.69) is 15.3 Å². The highest BCUT2D eigenvalue weighted by atomic mass is 16.5. The van der Waals surface area contributed by atoms with E-state index in [4.69, 9.17) is 4.74 Å². The topological polar surface area (TPSA) is 64.1 Å². The Morgan fingerprint density at radius 3 is 2.82 bits per heavy atom. The number of hydrogen-bond donors (Lipinski definition) is 1. The first-order chi connectivity index (χ1) is 10.7. The summed E-state index contributed by atoms with van der Waals surface area (Å²) in [4.78, 5) is 20.7. The number of anilines is 1. The lowest BCUT2D eigenvalue weighted by atomic mass is 10.2. The summed E-state index contributed by atoms with van der Waals surface area (Å²) in [6.45, 7) is 1.86. The van der Waals surface area contributed by atoms with Crippen LogP contribution in [0.1, 0.15) is 41.9 Å². The summed E-state index contributed by atoms with van der Waals surface area (Å²) < 4.78 is 5.96. The molecule has 2 aromatic heterocycles. The summed E-state index contributed by atoms with van der Waals surface area (Å²) in [5.41, 5.74) is 1.11. The molecule has 2 aromatic rings. The molecule has 0 atom stereocenters. The van der Waals surface area contributed by atoms with Gasteiger partial charge in [0.25, 0.3) is 5.91 Å². The Balaban J connectivity index is 1.75. The average molecular weight is 297 g/mol. The maximum absolute atomic E-state index is 12.3. The van der Waals surface area contributed by atoms with Gasteiger partial charge in [-0.3, -0.25) is 4.79 Å². The average Bonchev–Trinajstić information content (AvgIpc) is 3.00. The number of hydrogen-bond acceptors (Lipinski definition) is 4. The summed E-state index contributed by atoms with van der Waals surface area (Å²) in [5.74, 6) is 0.943. The molecule has 0 bridgehead atoms. The molecule has 114 valence electrons. The number of nitrogens with zero attached hydrogens (tertiary/aromatic N) is 2. The van der Waals surface area contributed by atoms with Crippen molar-refractivity contribution < 1.29 is 9.53 Å². The van der Waals surface area contributed by atoms with Gasteiger partial charge in [-0.15, -0.1) is 0 Å². The van der Waals surface area contributed by atoms with Crippen molar-refractivity contribution in [2.75, 3.05) is 5.32 Å².